The molecule has 174 valence electrons. The number of methoxy groups -OCH3 is 1. The van der Waals surface area contributed by atoms with Gasteiger partial charge < -0.3 is 14.8 Å². The highest BCUT2D eigenvalue weighted by atomic mass is 32.2. The van der Waals surface area contributed by atoms with E-state index in [0.717, 1.165) is 4.88 Å². The van der Waals surface area contributed by atoms with E-state index in [9.17, 15) is 18.0 Å². The summed E-state index contributed by atoms with van der Waals surface area (Å²) in [5, 5.41) is 7.11. The summed E-state index contributed by atoms with van der Waals surface area (Å²) >= 11 is 1.45. The van der Waals surface area contributed by atoms with Gasteiger partial charge in [0.25, 0.3) is 5.91 Å². The molecule has 1 aromatic heterocycles. The highest BCUT2D eigenvalue weighted by molar-refractivity contribution is 7.89. The Hall–Kier alpha value is -3.25. The van der Waals surface area contributed by atoms with Crippen molar-refractivity contribution in [3.05, 3.63) is 76.5 Å². The summed E-state index contributed by atoms with van der Waals surface area (Å²) in [6, 6.07) is 15.9. The number of ether oxygens (including phenoxy) is 2. The van der Waals surface area contributed by atoms with E-state index in [0.29, 0.717) is 11.4 Å². The molecule has 0 fully saturated rings. The Labute approximate surface area is 195 Å². The number of hydrogen-bond donors (Lipinski definition) is 3. The van der Waals surface area contributed by atoms with Crippen molar-refractivity contribution >= 4 is 44.7 Å². The smallest absolute Gasteiger partial charge is 0.411 e. The molecule has 3 rings (SSSR count). The van der Waals surface area contributed by atoms with Gasteiger partial charge in [-0.05, 0) is 47.8 Å². The number of nitrogens with one attached hydrogen (secondary N) is 3. The third-order valence-electron chi connectivity index (χ3n) is 4.31. The number of amides is 2. The van der Waals surface area contributed by atoms with Crippen molar-refractivity contribution in [3.8, 4) is 0 Å². The molecule has 9 nitrogen and oxygen atoms in total. The molecule has 0 saturated carbocycles. The first-order chi connectivity index (χ1) is 15.9. The van der Waals surface area contributed by atoms with E-state index in [2.05, 4.69) is 15.4 Å². The van der Waals surface area contributed by atoms with E-state index < -0.39 is 22.0 Å². The molecule has 0 atom stereocenters. The Bertz CT molecular complexity index is 1200. The first-order valence-electron chi connectivity index (χ1n) is 9.83. The summed E-state index contributed by atoms with van der Waals surface area (Å²) in [6.45, 7) is 0.562. The standard InChI is InChI=1S/C22H23N3O6S2/c1-30-10-11-31-22(27)25-18-7-3-6-17(14-18)24-21(26)16-5-2-9-20(13-16)33(28,29)23-15-19-8-4-12-32-19/h2-9,12-14,23H,10-11,15H2,1H3,(H,24,26)(H,25,27). The fraction of sp³-hybridized carbons (Fsp3) is 0.182. The van der Waals surface area contributed by atoms with Crippen LogP contribution >= 0.6 is 11.3 Å². The number of sulfonamides is 1. The van der Waals surface area contributed by atoms with Crippen molar-refractivity contribution in [3.63, 3.8) is 0 Å². The number of carbonyl (C=O) groups is 2. The summed E-state index contributed by atoms with van der Waals surface area (Å²) < 4.78 is 37.5. The van der Waals surface area contributed by atoms with Crippen LogP contribution in [0.15, 0.2) is 70.9 Å². The van der Waals surface area contributed by atoms with Gasteiger partial charge >= 0.3 is 6.09 Å². The number of benzene rings is 2. The molecule has 1 heterocycles. The van der Waals surface area contributed by atoms with Crippen molar-refractivity contribution in [2.24, 2.45) is 0 Å². The first-order valence-corrected chi connectivity index (χ1v) is 12.2. The minimum Gasteiger partial charge on any atom is -0.447 e. The lowest BCUT2D eigenvalue weighted by atomic mass is 10.2. The molecule has 3 aromatic rings. The largest absolute Gasteiger partial charge is 0.447 e. The molecule has 3 N–H and O–H groups in total. The van der Waals surface area contributed by atoms with E-state index in [1.54, 1.807) is 24.3 Å². The Morgan fingerprint density at radius 2 is 1.70 bits per heavy atom. The maximum absolute atomic E-state index is 12.7. The van der Waals surface area contributed by atoms with Crippen molar-refractivity contribution in [1.82, 2.24) is 4.72 Å². The lowest BCUT2D eigenvalue weighted by molar-refractivity contribution is 0.102. The van der Waals surface area contributed by atoms with Crippen LogP contribution in [0.3, 0.4) is 0 Å². The first kappa shape index (κ1) is 24.4. The van der Waals surface area contributed by atoms with E-state index in [1.165, 1.54) is 42.7 Å². The third kappa shape index (κ3) is 7.39. The molecule has 33 heavy (non-hydrogen) atoms. The van der Waals surface area contributed by atoms with Gasteiger partial charge in [-0.2, -0.15) is 0 Å². The van der Waals surface area contributed by atoms with E-state index in [4.69, 9.17) is 9.47 Å². The molecule has 0 saturated heterocycles. The number of rotatable bonds is 10. The third-order valence-corrected chi connectivity index (χ3v) is 6.59. The van der Waals surface area contributed by atoms with Crippen LogP contribution in [0.2, 0.25) is 0 Å². The van der Waals surface area contributed by atoms with Crippen molar-refractivity contribution in [1.29, 1.82) is 0 Å². The van der Waals surface area contributed by atoms with Gasteiger partial charge in [0.05, 0.1) is 11.5 Å². The minimum absolute atomic E-state index is 0.0130. The Morgan fingerprint density at radius 3 is 2.42 bits per heavy atom. The highest BCUT2D eigenvalue weighted by Gasteiger charge is 2.17. The lowest BCUT2D eigenvalue weighted by Crippen LogP contribution is -2.23. The average Bonchev–Trinajstić information content (AvgIpc) is 3.32. The SMILES string of the molecule is COCCOC(=O)Nc1cccc(NC(=O)c2cccc(S(=O)(=O)NCc3cccs3)c2)c1. The van der Waals surface area contributed by atoms with Crippen LogP contribution in [-0.4, -0.2) is 40.7 Å². The van der Waals surface area contributed by atoms with Crippen LogP contribution in [0.25, 0.3) is 0 Å². The van der Waals surface area contributed by atoms with Gasteiger partial charge in [0.2, 0.25) is 10.0 Å². The van der Waals surface area contributed by atoms with E-state index in [-0.39, 0.29) is 30.2 Å². The molecule has 0 radical (unpaired) electrons. The number of hydrogen-bond acceptors (Lipinski definition) is 7. The van der Waals surface area contributed by atoms with Gasteiger partial charge in [-0.25, -0.2) is 17.9 Å². The maximum Gasteiger partial charge on any atom is 0.411 e. The van der Waals surface area contributed by atoms with Crippen LogP contribution in [0.5, 0.6) is 0 Å². The lowest BCUT2D eigenvalue weighted by Gasteiger charge is -2.10. The van der Waals surface area contributed by atoms with Gasteiger partial charge in [0, 0.05) is 35.5 Å². The van der Waals surface area contributed by atoms with E-state index in [1.807, 2.05) is 17.5 Å². The molecule has 2 aromatic carbocycles. The van der Waals surface area contributed by atoms with Crippen molar-refractivity contribution < 1.29 is 27.5 Å². The second-order valence-corrected chi connectivity index (χ2v) is 9.52. The molecule has 0 aliphatic carbocycles. The summed E-state index contributed by atoms with van der Waals surface area (Å²) in [5.74, 6) is -0.495. The minimum atomic E-state index is -3.79. The zero-order valence-corrected chi connectivity index (χ0v) is 19.4. The highest BCUT2D eigenvalue weighted by Crippen LogP contribution is 2.18. The number of carbonyl (C=O) groups excluding carboxylic acids is 2. The second-order valence-electron chi connectivity index (χ2n) is 6.72. The summed E-state index contributed by atoms with van der Waals surface area (Å²) in [5.41, 5.74) is 1.01. The molecule has 0 aliphatic heterocycles. The zero-order chi connectivity index (χ0) is 23.7. The molecule has 0 spiro atoms. The molecule has 2 amide bonds. The van der Waals surface area contributed by atoms with Gasteiger partial charge in [-0.15, -0.1) is 11.3 Å². The van der Waals surface area contributed by atoms with Crippen molar-refractivity contribution in [2.75, 3.05) is 31.0 Å². The monoisotopic (exact) mass is 489 g/mol. The van der Waals surface area contributed by atoms with Crippen molar-refractivity contribution in [2.45, 2.75) is 11.4 Å². The van der Waals surface area contributed by atoms with Crippen LogP contribution < -0.4 is 15.4 Å². The number of thiophene rings is 1. The van der Waals surface area contributed by atoms with Gasteiger partial charge in [-0.3, -0.25) is 10.1 Å². The fourth-order valence-corrected chi connectivity index (χ4v) is 4.50. The quantitative estimate of drug-likeness (QED) is 0.374. The van der Waals surface area contributed by atoms with Crippen LogP contribution in [0, 0.1) is 0 Å². The molecule has 0 unspecified atom stereocenters. The topological polar surface area (TPSA) is 123 Å². The fourth-order valence-electron chi connectivity index (χ4n) is 2.72. The van der Waals surface area contributed by atoms with Crippen LogP contribution in [0.1, 0.15) is 15.2 Å². The Morgan fingerprint density at radius 1 is 0.939 bits per heavy atom. The Balaban J connectivity index is 1.64. The molecular weight excluding hydrogens is 466 g/mol. The molecule has 0 bridgehead atoms. The molecule has 11 heteroatoms. The summed E-state index contributed by atoms with van der Waals surface area (Å²) in [4.78, 5) is 25.3. The van der Waals surface area contributed by atoms with Gasteiger partial charge in [0.1, 0.15) is 6.61 Å². The number of anilines is 2. The van der Waals surface area contributed by atoms with Gasteiger partial charge in [0.15, 0.2) is 0 Å². The van der Waals surface area contributed by atoms with Crippen LogP contribution in [-0.2, 0) is 26.0 Å². The summed E-state index contributed by atoms with van der Waals surface area (Å²) in [7, 11) is -2.29. The molecule has 0 aliphatic rings. The molecular formula is C22H23N3O6S2. The zero-order valence-electron chi connectivity index (χ0n) is 17.7. The van der Waals surface area contributed by atoms with E-state index >= 15 is 0 Å². The normalized spacial score (nSPS) is 11.1. The predicted octanol–water partition coefficient (Wildman–Crippen LogP) is 3.67. The predicted molar refractivity (Wildman–Crippen MR) is 126 cm³/mol. The summed E-state index contributed by atoms with van der Waals surface area (Å²) in [6.07, 6.45) is -0.650. The Kier molecular flexibility index (Phi) is 8.55. The van der Waals surface area contributed by atoms with Gasteiger partial charge in [-0.1, -0.05) is 18.2 Å². The second kappa shape index (κ2) is 11.6. The van der Waals surface area contributed by atoms with Crippen LogP contribution in [0.4, 0.5) is 16.2 Å². The maximum atomic E-state index is 12.7. The average molecular weight is 490 g/mol.